The zero-order valence-corrected chi connectivity index (χ0v) is 22.6. The van der Waals surface area contributed by atoms with Crippen molar-refractivity contribution in [3.8, 4) is 11.3 Å². The Kier molecular flexibility index (Phi) is 8.18. The molecule has 3 aromatic carbocycles. The summed E-state index contributed by atoms with van der Waals surface area (Å²) in [6, 6.07) is 28.6. The summed E-state index contributed by atoms with van der Waals surface area (Å²) in [6.45, 7) is 4.74. The maximum Gasteiger partial charge on any atom is 0.254 e. The number of piperazine rings is 1. The molecule has 4 aromatic rings. The SMILES string of the molecule is Cc1ccc(C(=O)N(CC(=O)N2CCN(c3ccc(-c4ccccc4Cl)nn3)CC2)Cc2ccccc2)cc1. The minimum atomic E-state index is -0.153. The molecule has 5 rings (SSSR count). The molecule has 39 heavy (non-hydrogen) atoms. The van der Waals surface area contributed by atoms with E-state index in [4.69, 9.17) is 11.6 Å². The molecular weight excluding hydrogens is 510 g/mol. The molecule has 0 unspecified atom stereocenters. The molecule has 1 aliphatic rings. The van der Waals surface area contributed by atoms with Crippen molar-refractivity contribution >= 4 is 29.2 Å². The molecule has 1 aromatic heterocycles. The fourth-order valence-electron chi connectivity index (χ4n) is 4.64. The summed E-state index contributed by atoms with van der Waals surface area (Å²) in [4.78, 5) is 32.3. The van der Waals surface area contributed by atoms with Crippen LogP contribution < -0.4 is 4.90 Å². The zero-order valence-electron chi connectivity index (χ0n) is 21.8. The lowest BCUT2D eigenvalue weighted by molar-refractivity contribution is -0.132. The molecule has 7 nitrogen and oxygen atoms in total. The monoisotopic (exact) mass is 539 g/mol. The van der Waals surface area contributed by atoms with E-state index in [9.17, 15) is 9.59 Å². The van der Waals surface area contributed by atoms with Crippen LogP contribution in [0.15, 0.2) is 91.0 Å². The van der Waals surface area contributed by atoms with Crippen LogP contribution in [0, 0.1) is 6.92 Å². The van der Waals surface area contributed by atoms with E-state index < -0.39 is 0 Å². The molecule has 0 saturated carbocycles. The fraction of sp³-hybridized carbons (Fsp3) is 0.226. The lowest BCUT2D eigenvalue weighted by atomic mass is 10.1. The van der Waals surface area contributed by atoms with E-state index in [2.05, 4.69) is 15.1 Å². The van der Waals surface area contributed by atoms with Gasteiger partial charge in [-0.25, -0.2) is 0 Å². The molecule has 0 radical (unpaired) electrons. The Balaban J connectivity index is 1.22. The van der Waals surface area contributed by atoms with Gasteiger partial charge in [0.05, 0.1) is 10.7 Å². The van der Waals surface area contributed by atoms with Crippen LogP contribution in [0.5, 0.6) is 0 Å². The minimum Gasteiger partial charge on any atom is -0.352 e. The number of carbonyl (C=O) groups excluding carboxylic acids is 2. The van der Waals surface area contributed by atoms with E-state index in [1.807, 2.05) is 103 Å². The number of nitrogens with zero attached hydrogens (tertiary/aromatic N) is 5. The van der Waals surface area contributed by atoms with E-state index in [-0.39, 0.29) is 18.4 Å². The zero-order chi connectivity index (χ0) is 27.2. The quantitative estimate of drug-likeness (QED) is 0.327. The van der Waals surface area contributed by atoms with Crippen LogP contribution in [-0.4, -0.2) is 64.5 Å². The van der Waals surface area contributed by atoms with E-state index in [0.717, 1.165) is 28.2 Å². The third-order valence-corrected chi connectivity index (χ3v) is 7.21. The standard InChI is InChI=1S/C31H30ClN5O2/c1-23-11-13-25(14-12-23)31(39)37(21-24-7-3-2-4-8-24)22-30(38)36-19-17-35(18-20-36)29-16-15-28(33-34-29)26-9-5-6-10-27(26)32/h2-16H,17-22H2,1H3. The maximum absolute atomic E-state index is 13.4. The molecular formula is C31H30ClN5O2. The van der Waals surface area contributed by atoms with Gasteiger partial charge in [0.2, 0.25) is 5.91 Å². The molecule has 8 heteroatoms. The third-order valence-electron chi connectivity index (χ3n) is 6.88. The van der Waals surface area contributed by atoms with Crippen LogP contribution in [0.25, 0.3) is 11.3 Å². The Morgan fingerprint density at radius 1 is 0.821 bits per heavy atom. The molecule has 0 bridgehead atoms. The van der Waals surface area contributed by atoms with Crippen molar-refractivity contribution < 1.29 is 9.59 Å². The molecule has 198 valence electrons. The normalized spacial score (nSPS) is 13.3. The number of halogens is 1. The highest BCUT2D eigenvalue weighted by Gasteiger charge is 2.26. The van der Waals surface area contributed by atoms with Gasteiger partial charge in [0.25, 0.3) is 5.91 Å². The molecule has 1 aliphatic heterocycles. The number of hydrogen-bond acceptors (Lipinski definition) is 5. The number of anilines is 1. The smallest absolute Gasteiger partial charge is 0.254 e. The number of rotatable bonds is 7. The van der Waals surface area contributed by atoms with Crippen LogP contribution in [0.4, 0.5) is 5.82 Å². The van der Waals surface area contributed by atoms with Gasteiger partial charge in [-0.2, -0.15) is 0 Å². The van der Waals surface area contributed by atoms with Crippen molar-refractivity contribution in [3.63, 3.8) is 0 Å². The Bertz CT molecular complexity index is 1420. The van der Waals surface area contributed by atoms with Crippen LogP contribution >= 0.6 is 11.6 Å². The highest BCUT2D eigenvalue weighted by Crippen LogP contribution is 2.26. The highest BCUT2D eigenvalue weighted by molar-refractivity contribution is 6.33. The van der Waals surface area contributed by atoms with Crippen molar-refractivity contribution in [2.24, 2.45) is 0 Å². The first-order valence-corrected chi connectivity index (χ1v) is 13.4. The van der Waals surface area contributed by atoms with Gasteiger partial charge in [0.15, 0.2) is 5.82 Å². The minimum absolute atomic E-state index is 0.0218. The molecule has 0 atom stereocenters. The van der Waals surface area contributed by atoms with Crippen molar-refractivity contribution in [2.45, 2.75) is 13.5 Å². The molecule has 0 aliphatic carbocycles. The molecule has 2 heterocycles. The lowest BCUT2D eigenvalue weighted by Gasteiger charge is -2.36. The predicted octanol–water partition coefficient (Wildman–Crippen LogP) is 5.10. The summed E-state index contributed by atoms with van der Waals surface area (Å²) in [7, 11) is 0. The van der Waals surface area contributed by atoms with Crippen molar-refractivity contribution in [2.75, 3.05) is 37.6 Å². The first kappa shape index (κ1) is 26.4. The topological polar surface area (TPSA) is 69.6 Å². The second-order valence-corrected chi connectivity index (χ2v) is 10.0. The summed E-state index contributed by atoms with van der Waals surface area (Å²) in [5.74, 6) is 0.545. The Hall–Kier alpha value is -4.23. The predicted molar refractivity (Wildman–Crippen MR) is 154 cm³/mol. The first-order valence-electron chi connectivity index (χ1n) is 13.0. The Morgan fingerprint density at radius 3 is 2.18 bits per heavy atom. The van der Waals surface area contributed by atoms with Crippen LogP contribution in [0.3, 0.4) is 0 Å². The van der Waals surface area contributed by atoms with Gasteiger partial charge < -0.3 is 14.7 Å². The molecule has 1 saturated heterocycles. The van der Waals surface area contributed by atoms with Crippen LogP contribution in [0.2, 0.25) is 5.02 Å². The molecule has 1 fully saturated rings. The summed E-state index contributed by atoms with van der Waals surface area (Å²) in [5.41, 5.74) is 4.20. The average Bonchev–Trinajstić information content (AvgIpc) is 2.98. The highest BCUT2D eigenvalue weighted by atomic mass is 35.5. The lowest BCUT2D eigenvalue weighted by Crippen LogP contribution is -2.52. The Morgan fingerprint density at radius 2 is 1.51 bits per heavy atom. The number of aryl methyl sites for hydroxylation is 1. The number of carbonyl (C=O) groups is 2. The van der Waals surface area contributed by atoms with E-state index in [1.54, 1.807) is 4.90 Å². The number of benzene rings is 3. The van der Waals surface area contributed by atoms with Crippen molar-refractivity contribution in [3.05, 3.63) is 113 Å². The summed E-state index contributed by atoms with van der Waals surface area (Å²) >= 11 is 6.29. The van der Waals surface area contributed by atoms with Crippen LogP contribution in [0.1, 0.15) is 21.5 Å². The summed E-state index contributed by atoms with van der Waals surface area (Å²) in [6.07, 6.45) is 0. The molecule has 2 amide bonds. The van der Waals surface area contributed by atoms with Crippen molar-refractivity contribution in [1.29, 1.82) is 0 Å². The van der Waals surface area contributed by atoms with Crippen LogP contribution in [-0.2, 0) is 11.3 Å². The number of hydrogen-bond donors (Lipinski definition) is 0. The second-order valence-electron chi connectivity index (χ2n) is 9.64. The fourth-order valence-corrected chi connectivity index (χ4v) is 4.87. The van der Waals surface area contributed by atoms with E-state index in [0.29, 0.717) is 43.3 Å². The summed E-state index contributed by atoms with van der Waals surface area (Å²) < 4.78 is 0. The van der Waals surface area contributed by atoms with Gasteiger partial charge in [0.1, 0.15) is 6.54 Å². The third kappa shape index (κ3) is 6.44. The van der Waals surface area contributed by atoms with E-state index >= 15 is 0 Å². The average molecular weight is 540 g/mol. The second kappa shape index (κ2) is 12.1. The maximum atomic E-state index is 13.4. The van der Waals surface area contributed by atoms with Gasteiger partial charge in [-0.15, -0.1) is 10.2 Å². The number of amides is 2. The molecule has 0 spiro atoms. The van der Waals surface area contributed by atoms with Gasteiger partial charge in [-0.3, -0.25) is 9.59 Å². The van der Waals surface area contributed by atoms with Gasteiger partial charge in [-0.1, -0.05) is 77.8 Å². The summed E-state index contributed by atoms with van der Waals surface area (Å²) in [5, 5.41) is 9.41. The van der Waals surface area contributed by atoms with Crippen molar-refractivity contribution in [1.82, 2.24) is 20.0 Å². The Labute approximate surface area is 233 Å². The van der Waals surface area contributed by atoms with Gasteiger partial charge in [-0.05, 0) is 42.8 Å². The number of aromatic nitrogens is 2. The largest absolute Gasteiger partial charge is 0.352 e. The molecule has 0 N–H and O–H groups in total. The van der Waals surface area contributed by atoms with Gasteiger partial charge >= 0.3 is 0 Å². The first-order chi connectivity index (χ1) is 19.0. The van der Waals surface area contributed by atoms with Gasteiger partial charge in [0, 0.05) is 43.9 Å². The van der Waals surface area contributed by atoms with E-state index in [1.165, 1.54) is 0 Å².